The van der Waals surface area contributed by atoms with Crippen LogP contribution in [0.3, 0.4) is 0 Å². The second-order valence-corrected chi connectivity index (χ2v) is 2.13. The van der Waals surface area contributed by atoms with Crippen molar-refractivity contribution in [3.05, 3.63) is 0 Å². The fourth-order valence-electron chi connectivity index (χ4n) is 0.783. The Bertz CT molecular complexity index is 103. The summed E-state index contributed by atoms with van der Waals surface area (Å²) in [5, 5.41) is 0. The maximum Gasteiger partial charge on any atom is 0.319 e. The average Bonchev–Trinajstić information content (AvgIpc) is 2.43. The molecule has 2 amide bonds. The maximum absolute atomic E-state index is 10.8. The zero-order valence-corrected chi connectivity index (χ0v) is 9.22. The Morgan fingerprint density at radius 1 is 0.917 bits per heavy atom. The van der Waals surface area contributed by atoms with E-state index in [2.05, 4.69) is 0 Å². The van der Waals surface area contributed by atoms with Crippen molar-refractivity contribution in [1.82, 2.24) is 9.80 Å². The van der Waals surface area contributed by atoms with Crippen molar-refractivity contribution in [2.24, 2.45) is 0 Å². The minimum atomic E-state index is 0.130. The van der Waals surface area contributed by atoms with Crippen molar-refractivity contribution in [2.45, 2.75) is 27.7 Å². The van der Waals surface area contributed by atoms with E-state index in [0.717, 1.165) is 13.1 Å². The van der Waals surface area contributed by atoms with Crippen LogP contribution in [0.4, 0.5) is 4.79 Å². The Kier molecular flexibility index (Phi) is 9.65. The molecule has 0 bridgehead atoms. The van der Waals surface area contributed by atoms with Crippen molar-refractivity contribution in [2.75, 3.05) is 27.2 Å². The van der Waals surface area contributed by atoms with Crippen LogP contribution in [0.1, 0.15) is 27.7 Å². The van der Waals surface area contributed by atoms with Crippen molar-refractivity contribution in [3.63, 3.8) is 0 Å². The summed E-state index contributed by atoms with van der Waals surface area (Å²) in [6.07, 6.45) is 0. The molecule has 1 rings (SSSR count). The molecule has 0 saturated carbocycles. The molecule has 3 heteroatoms. The Labute approximate surface area is 76.3 Å². The third kappa shape index (κ3) is 4.21. The summed E-state index contributed by atoms with van der Waals surface area (Å²) in [6.45, 7) is 9.74. The number of urea groups is 1. The van der Waals surface area contributed by atoms with Gasteiger partial charge in [-0.05, 0) is 0 Å². The van der Waals surface area contributed by atoms with Crippen LogP contribution in [0.25, 0.3) is 0 Å². The zero-order chi connectivity index (χ0) is 10.1. The van der Waals surface area contributed by atoms with E-state index in [1.54, 1.807) is 9.80 Å². The number of nitrogens with zero attached hydrogens (tertiary/aromatic N) is 2. The Hall–Kier alpha value is -0.730. The summed E-state index contributed by atoms with van der Waals surface area (Å²) < 4.78 is 0. The SMILES string of the molecule is CC.CC.CN1CCN(C)C1=O. The molecule has 1 heterocycles. The Morgan fingerprint density at radius 2 is 1.17 bits per heavy atom. The second kappa shape index (κ2) is 8.37. The number of hydrogen-bond acceptors (Lipinski definition) is 1. The van der Waals surface area contributed by atoms with Gasteiger partial charge in [-0.25, -0.2) is 4.79 Å². The zero-order valence-electron chi connectivity index (χ0n) is 9.22. The summed E-state index contributed by atoms with van der Waals surface area (Å²) in [4.78, 5) is 14.2. The van der Waals surface area contributed by atoms with Crippen LogP contribution in [0.15, 0.2) is 0 Å². The first-order valence-electron chi connectivity index (χ1n) is 4.68. The van der Waals surface area contributed by atoms with Crippen LogP contribution >= 0.6 is 0 Å². The van der Waals surface area contributed by atoms with E-state index in [4.69, 9.17) is 0 Å². The second-order valence-electron chi connectivity index (χ2n) is 2.13. The topological polar surface area (TPSA) is 23.6 Å². The van der Waals surface area contributed by atoms with Crippen LogP contribution in [0.5, 0.6) is 0 Å². The maximum atomic E-state index is 10.8. The summed E-state index contributed by atoms with van der Waals surface area (Å²) in [5.41, 5.74) is 0. The molecule has 0 aromatic carbocycles. The normalized spacial score (nSPS) is 14.7. The van der Waals surface area contributed by atoms with Gasteiger partial charge in [-0.2, -0.15) is 0 Å². The molecular formula is C9H22N2O. The molecule has 1 aliphatic heterocycles. The van der Waals surface area contributed by atoms with Gasteiger partial charge in [0, 0.05) is 27.2 Å². The summed E-state index contributed by atoms with van der Waals surface area (Å²) >= 11 is 0. The first-order chi connectivity index (χ1) is 5.72. The van der Waals surface area contributed by atoms with E-state index < -0.39 is 0 Å². The Balaban J connectivity index is 0. The molecule has 0 aromatic heterocycles. The third-order valence-corrected chi connectivity index (χ3v) is 1.42. The Morgan fingerprint density at radius 3 is 1.25 bits per heavy atom. The summed E-state index contributed by atoms with van der Waals surface area (Å²) in [6, 6.07) is 0.130. The lowest BCUT2D eigenvalue weighted by Crippen LogP contribution is -2.25. The van der Waals surface area contributed by atoms with E-state index in [9.17, 15) is 4.79 Å². The molecule has 74 valence electrons. The smallest absolute Gasteiger partial charge is 0.319 e. The highest BCUT2D eigenvalue weighted by Gasteiger charge is 2.20. The molecule has 1 saturated heterocycles. The monoisotopic (exact) mass is 174 g/mol. The lowest BCUT2D eigenvalue weighted by atomic mass is 10.6. The average molecular weight is 174 g/mol. The number of amides is 2. The molecule has 0 spiro atoms. The molecule has 0 N–H and O–H groups in total. The fourth-order valence-corrected chi connectivity index (χ4v) is 0.783. The first-order valence-corrected chi connectivity index (χ1v) is 4.68. The van der Waals surface area contributed by atoms with Gasteiger partial charge in [0.25, 0.3) is 0 Å². The van der Waals surface area contributed by atoms with Gasteiger partial charge in [0.15, 0.2) is 0 Å². The number of carbonyl (C=O) groups excluding carboxylic acids is 1. The predicted molar refractivity (Wildman–Crippen MR) is 53.4 cm³/mol. The van der Waals surface area contributed by atoms with Crippen LogP contribution in [-0.2, 0) is 0 Å². The van der Waals surface area contributed by atoms with Gasteiger partial charge < -0.3 is 9.80 Å². The highest BCUT2D eigenvalue weighted by Crippen LogP contribution is 2.00. The van der Waals surface area contributed by atoms with Gasteiger partial charge in [0.1, 0.15) is 0 Å². The van der Waals surface area contributed by atoms with E-state index in [-0.39, 0.29) is 6.03 Å². The van der Waals surface area contributed by atoms with Crippen LogP contribution in [0, 0.1) is 0 Å². The van der Waals surface area contributed by atoms with E-state index in [0.29, 0.717) is 0 Å². The van der Waals surface area contributed by atoms with Crippen LogP contribution in [-0.4, -0.2) is 43.0 Å². The molecule has 0 radical (unpaired) electrons. The molecule has 0 aromatic rings. The summed E-state index contributed by atoms with van der Waals surface area (Å²) in [7, 11) is 3.62. The fraction of sp³-hybridized carbons (Fsp3) is 0.889. The van der Waals surface area contributed by atoms with Crippen molar-refractivity contribution < 1.29 is 4.79 Å². The molecule has 0 atom stereocenters. The number of likely N-dealkylation sites (N-methyl/N-ethyl adjacent to an activating group) is 2. The molecule has 0 aliphatic carbocycles. The van der Waals surface area contributed by atoms with Gasteiger partial charge >= 0.3 is 6.03 Å². The largest absolute Gasteiger partial charge is 0.326 e. The lowest BCUT2D eigenvalue weighted by molar-refractivity contribution is 0.205. The van der Waals surface area contributed by atoms with E-state index >= 15 is 0 Å². The molecular weight excluding hydrogens is 152 g/mol. The molecule has 0 unspecified atom stereocenters. The van der Waals surface area contributed by atoms with Gasteiger partial charge in [-0.3, -0.25) is 0 Å². The number of rotatable bonds is 0. The molecule has 1 fully saturated rings. The van der Waals surface area contributed by atoms with Crippen LogP contribution < -0.4 is 0 Å². The summed E-state index contributed by atoms with van der Waals surface area (Å²) in [5.74, 6) is 0. The lowest BCUT2D eigenvalue weighted by Gasteiger charge is -2.07. The quantitative estimate of drug-likeness (QED) is 0.551. The first kappa shape index (κ1) is 13.8. The van der Waals surface area contributed by atoms with E-state index in [1.807, 2.05) is 41.8 Å². The molecule has 12 heavy (non-hydrogen) atoms. The number of carbonyl (C=O) groups is 1. The van der Waals surface area contributed by atoms with Gasteiger partial charge in [0.05, 0.1) is 0 Å². The highest BCUT2D eigenvalue weighted by molar-refractivity contribution is 5.75. The number of hydrogen-bond donors (Lipinski definition) is 0. The van der Waals surface area contributed by atoms with Gasteiger partial charge in [-0.15, -0.1) is 0 Å². The minimum Gasteiger partial charge on any atom is -0.326 e. The third-order valence-electron chi connectivity index (χ3n) is 1.42. The molecule has 3 nitrogen and oxygen atoms in total. The predicted octanol–water partition coefficient (Wildman–Crippen LogP) is 2.04. The molecule has 1 aliphatic rings. The van der Waals surface area contributed by atoms with E-state index in [1.165, 1.54) is 0 Å². The minimum absolute atomic E-state index is 0.130. The van der Waals surface area contributed by atoms with Gasteiger partial charge in [-0.1, -0.05) is 27.7 Å². The van der Waals surface area contributed by atoms with Crippen LogP contribution in [0.2, 0.25) is 0 Å². The highest BCUT2D eigenvalue weighted by atomic mass is 16.2. The standard InChI is InChI=1S/C5H10N2O.2C2H6/c1-6-3-4-7(2)5(6)8;2*1-2/h3-4H2,1-2H3;2*1-2H3. The van der Waals surface area contributed by atoms with Crippen molar-refractivity contribution in [3.8, 4) is 0 Å². The van der Waals surface area contributed by atoms with Crippen molar-refractivity contribution >= 4 is 6.03 Å². The van der Waals surface area contributed by atoms with Crippen molar-refractivity contribution in [1.29, 1.82) is 0 Å². The van der Waals surface area contributed by atoms with Gasteiger partial charge in [0.2, 0.25) is 0 Å².